The van der Waals surface area contributed by atoms with Crippen LogP contribution in [-0.4, -0.2) is 53.1 Å². The lowest BCUT2D eigenvalue weighted by Crippen LogP contribution is -2.46. The Kier molecular flexibility index (Phi) is 6.25. The molecule has 102 valence electrons. The van der Waals surface area contributed by atoms with Crippen LogP contribution >= 0.6 is 0 Å². The first-order chi connectivity index (χ1) is 8.65. The Labute approximate surface area is 108 Å². The van der Waals surface area contributed by atoms with Crippen molar-refractivity contribution >= 4 is 12.0 Å². The van der Waals surface area contributed by atoms with Crippen LogP contribution in [0, 0.1) is 0 Å². The molecule has 0 saturated carbocycles. The number of hydrogen-bond acceptors (Lipinski definition) is 2. The molecule has 1 heterocycles. The topological polar surface area (TPSA) is 60.9 Å². The molecule has 0 spiro atoms. The van der Waals surface area contributed by atoms with Gasteiger partial charge in [0.15, 0.2) is 0 Å². The average Bonchev–Trinajstić information content (AvgIpc) is 2.26. The first-order valence-electron chi connectivity index (χ1n) is 6.51. The lowest BCUT2D eigenvalue weighted by Gasteiger charge is -2.30. The number of carbonyl (C=O) groups excluding carboxylic acids is 1. The molecule has 0 radical (unpaired) electrons. The molecule has 5 heteroatoms. The van der Waals surface area contributed by atoms with Crippen LogP contribution in [-0.2, 0) is 4.79 Å². The smallest absolute Gasteiger partial charge is 0.323 e. The normalized spacial score (nSPS) is 16.6. The molecule has 0 aliphatic carbocycles. The van der Waals surface area contributed by atoms with Gasteiger partial charge in [-0.3, -0.25) is 4.79 Å². The van der Waals surface area contributed by atoms with Gasteiger partial charge in [0, 0.05) is 19.6 Å². The fraction of sp³-hybridized carbons (Fsp3) is 0.692. The number of amides is 2. The van der Waals surface area contributed by atoms with Gasteiger partial charge in [0.2, 0.25) is 0 Å². The second-order valence-corrected chi connectivity index (χ2v) is 4.60. The third kappa shape index (κ3) is 4.77. The van der Waals surface area contributed by atoms with Crippen molar-refractivity contribution in [1.82, 2.24) is 9.80 Å². The number of likely N-dealkylation sites (tertiary alicyclic amines) is 1. The Morgan fingerprint density at radius 1 is 1.17 bits per heavy atom. The van der Waals surface area contributed by atoms with Crippen molar-refractivity contribution in [3.05, 3.63) is 12.7 Å². The van der Waals surface area contributed by atoms with Crippen LogP contribution in [0.3, 0.4) is 0 Å². The van der Waals surface area contributed by atoms with Crippen LogP contribution in [0.5, 0.6) is 0 Å². The van der Waals surface area contributed by atoms with Crippen LogP contribution in [0.4, 0.5) is 4.79 Å². The van der Waals surface area contributed by atoms with E-state index in [1.165, 1.54) is 11.3 Å². The SMILES string of the molecule is C=CCN(CC(=O)O)C(=O)N1CCCCCCC1. The minimum Gasteiger partial charge on any atom is -0.480 e. The number of carboxylic acid groups (broad SMARTS) is 1. The first kappa shape index (κ1) is 14.5. The number of urea groups is 1. The molecule has 0 aromatic carbocycles. The molecular formula is C13H22N2O3. The summed E-state index contributed by atoms with van der Waals surface area (Å²) in [5.74, 6) is -0.989. The van der Waals surface area contributed by atoms with Crippen LogP contribution in [0.15, 0.2) is 12.7 Å². The third-order valence-electron chi connectivity index (χ3n) is 3.07. The van der Waals surface area contributed by atoms with E-state index >= 15 is 0 Å². The van der Waals surface area contributed by atoms with Crippen molar-refractivity contribution in [1.29, 1.82) is 0 Å². The molecule has 18 heavy (non-hydrogen) atoms. The number of nitrogens with zero attached hydrogens (tertiary/aromatic N) is 2. The Morgan fingerprint density at radius 3 is 2.22 bits per heavy atom. The van der Waals surface area contributed by atoms with Gasteiger partial charge in [0.05, 0.1) is 0 Å². The molecule has 0 bridgehead atoms. The van der Waals surface area contributed by atoms with Crippen molar-refractivity contribution in [2.24, 2.45) is 0 Å². The minimum absolute atomic E-state index is 0.181. The predicted molar refractivity (Wildman–Crippen MR) is 69.5 cm³/mol. The lowest BCUT2D eigenvalue weighted by atomic mass is 10.1. The zero-order valence-electron chi connectivity index (χ0n) is 10.8. The van der Waals surface area contributed by atoms with Crippen LogP contribution in [0.1, 0.15) is 32.1 Å². The zero-order valence-corrected chi connectivity index (χ0v) is 10.8. The lowest BCUT2D eigenvalue weighted by molar-refractivity contribution is -0.137. The zero-order chi connectivity index (χ0) is 13.4. The highest BCUT2D eigenvalue weighted by molar-refractivity contribution is 5.80. The summed E-state index contributed by atoms with van der Waals surface area (Å²) in [5, 5.41) is 8.81. The van der Waals surface area contributed by atoms with Crippen LogP contribution < -0.4 is 0 Å². The summed E-state index contributed by atoms with van der Waals surface area (Å²) < 4.78 is 0. The quantitative estimate of drug-likeness (QED) is 0.780. The van der Waals surface area contributed by atoms with Crippen molar-refractivity contribution < 1.29 is 14.7 Å². The van der Waals surface area contributed by atoms with E-state index in [2.05, 4.69) is 6.58 Å². The summed E-state index contributed by atoms with van der Waals surface area (Å²) in [5.41, 5.74) is 0. The van der Waals surface area contributed by atoms with E-state index in [1.807, 2.05) is 0 Å². The summed E-state index contributed by atoms with van der Waals surface area (Å²) in [4.78, 5) is 26.1. The predicted octanol–water partition coefficient (Wildman–Crippen LogP) is 1.95. The van der Waals surface area contributed by atoms with E-state index in [1.54, 1.807) is 11.0 Å². The number of rotatable bonds is 4. The van der Waals surface area contributed by atoms with Crippen LogP contribution in [0.25, 0.3) is 0 Å². The number of aliphatic carboxylic acids is 1. The van der Waals surface area contributed by atoms with Gasteiger partial charge in [-0.05, 0) is 12.8 Å². The first-order valence-corrected chi connectivity index (χ1v) is 6.51. The van der Waals surface area contributed by atoms with E-state index in [0.29, 0.717) is 0 Å². The maximum absolute atomic E-state index is 12.2. The molecule has 1 rings (SSSR count). The summed E-state index contributed by atoms with van der Waals surface area (Å²) in [6.45, 7) is 5.04. The molecule has 1 aliphatic rings. The molecule has 0 aromatic rings. The van der Waals surface area contributed by atoms with Gasteiger partial charge in [-0.15, -0.1) is 6.58 Å². The van der Waals surface area contributed by atoms with Gasteiger partial charge >= 0.3 is 12.0 Å². The molecule has 1 N–H and O–H groups in total. The van der Waals surface area contributed by atoms with E-state index < -0.39 is 5.97 Å². The Hall–Kier alpha value is -1.52. The number of carboxylic acids is 1. The maximum Gasteiger partial charge on any atom is 0.323 e. The highest BCUT2D eigenvalue weighted by Crippen LogP contribution is 2.12. The molecule has 0 aromatic heterocycles. The summed E-state index contributed by atoms with van der Waals surface area (Å²) >= 11 is 0. The van der Waals surface area contributed by atoms with Gasteiger partial charge < -0.3 is 14.9 Å². The van der Waals surface area contributed by atoms with Gasteiger partial charge in [0.1, 0.15) is 6.54 Å². The monoisotopic (exact) mass is 254 g/mol. The molecule has 1 fully saturated rings. The molecule has 1 saturated heterocycles. The third-order valence-corrected chi connectivity index (χ3v) is 3.07. The summed E-state index contributed by atoms with van der Waals surface area (Å²) in [6, 6.07) is -0.181. The van der Waals surface area contributed by atoms with E-state index in [0.717, 1.165) is 38.8 Å². The number of carbonyl (C=O) groups is 2. The molecule has 0 unspecified atom stereocenters. The Morgan fingerprint density at radius 2 is 1.72 bits per heavy atom. The molecule has 5 nitrogen and oxygen atoms in total. The molecule has 2 amide bonds. The summed E-state index contributed by atoms with van der Waals surface area (Å²) in [6.07, 6.45) is 7.08. The Bertz CT molecular complexity index is 297. The van der Waals surface area contributed by atoms with Gasteiger partial charge in [-0.1, -0.05) is 25.3 Å². The van der Waals surface area contributed by atoms with Gasteiger partial charge in [-0.25, -0.2) is 4.79 Å². The van der Waals surface area contributed by atoms with Crippen molar-refractivity contribution in [3.63, 3.8) is 0 Å². The maximum atomic E-state index is 12.2. The van der Waals surface area contributed by atoms with Crippen molar-refractivity contribution in [3.8, 4) is 0 Å². The summed E-state index contributed by atoms with van der Waals surface area (Å²) in [7, 11) is 0. The highest BCUT2D eigenvalue weighted by Gasteiger charge is 2.22. The van der Waals surface area contributed by atoms with E-state index in [4.69, 9.17) is 5.11 Å². The largest absolute Gasteiger partial charge is 0.480 e. The van der Waals surface area contributed by atoms with Gasteiger partial charge in [0.25, 0.3) is 0 Å². The fourth-order valence-corrected chi connectivity index (χ4v) is 2.17. The second-order valence-electron chi connectivity index (χ2n) is 4.60. The van der Waals surface area contributed by atoms with Crippen molar-refractivity contribution in [2.45, 2.75) is 32.1 Å². The van der Waals surface area contributed by atoms with Crippen molar-refractivity contribution in [2.75, 3.05) is 26.2 Å². The molecule has 1 aliphatic heterocycles. The second kappa shape index (κ2) is 7.74. The van der Waals surface area contributed by atoms with Crippen LogP contribution in [0.2, 0.25) is 0 Å². The highest BCUT2D eigenvalue weighted by atomic mass is 16.4. The van der Waals surface area contributed by atoms with E-state index in [-0.39, 0.29) is 19.1 Å². The molecular weight excluding hydrogens is 232 g/mol. The standard InChI is InChI=1S/C13H22N2O3/c1-2-8-15(11-12(16)17)13(18)14-9-6-4-3-5-7-10-14/h2H,1,3-11H2,(H,16,17). The van der Waals surface area contributed by atoms with E-state index in [9.17, 15) is 9.59 Å². The fourth-order valence-electron chi connectivity index (χ4n) is 2.17. The molecule has 0 atom stereocenters. The number of hydrogen-bond donors (Lipinski definition) is 1. The van der Waals surface area contributed by atoms with Gasteiger partial charge in [-0.2, -0.15) is 0 Å². The Balaban J connectivity index is 2.60. The minimum atomic E-state index is -0.989. The average molecular weight is 254 g/mol.